The Kier molecular flexibility index (Phi) is 4.65. The molecule has 0 aliphatic rings. The van der Waals surface area contributed by atoms with Gasteiger partial charge in [0.05, 0.1) is 0 Å². The molecular weight excluding hydrogens is 190 g/mol. The Morgan fingerprint density at radius 1 is 1.20 bits per heavy atom. The maximum Gasteiger partial charge on any atom is 0.154 e. The summed E-state index contributed by atoms with van der Waals surface area (Å²) in [4.78, 5) is 8.80. The van der Waals surface area contributed by atoms with Crippen LogP contribution in [0.4, 0.5) is 0 Å². The number of aromatic nitrogens is 2. The lowest BCUT2D eigenvalue weighted by molar-refractivity contribution is 0.128. The molecule has 2 N–H and O–H groups in total. The van der Waals surface area contributed by atoms with E-state index >= 15 is 0 Å². The monoisotopic (exact) mass is 209 g/mol. The molecule has 4 nitrogen and oxygen atoms in total. The molecule has 1 aromatic heterocycles. The van der Waals surface area contributed by atoms with E-state index in [1.54, 1.807) is 0 Å². The molecule has 0 saturated heterocycles. The van der Waals surface area contributed by atoms with Crippen molar-refractivity contribution < 1.29 is 4.74 Å². The molecule has 84 valence electrons. The summed E-state index contributed by atoms with van der Waals surface area (Å²) in [6.07, 6.45) is 0.840. The number of nitrogens with two attached hydrogens (primary N) is 1. The van der Waals surface area contributed by atoms with Crippen LogP contribution in [0.1, 0.15) is 29.7 Å². The predicted octanol–water partition coefficient (Wildman–Crippen LogP) is 1.13. The standard InChI is InChI=1S/C11H19N3O/c1-4-15-7-11-13-8(2)10(5-6-12)9(3)14-11/h4-7,12H2,1-3H3. The van der Waals surface area contributed by atoms with Crippen LogP contribution < -0.4 is 5.73 Å². The average molecular weight is 209 g/mol. The highest BCUT2D eigenvalue weighted by Crippen LogP contribution is 2.10. The normalized spacial score (nSPS) is 10.7. The third-order valence-corrected chi connectivity index (χ3v) is 2.30. The van der Waals surface area contributed by atoms with Gasteiger partial charge in [0.2, 0.25) is 0 Å². The molecule has 15 heavy (non-hydrogen) atoms. The highest BCUT2D eigenvalue weighted by Gasteiger charge is 2.07. The topological polar surface area (TPSA) is 61.0 Å². The molecular formula is C11H19N3O. The lowest BCUT2D eigenvalue weighted by atomic mass is 10.1. The quantitative estimate of drug-likeness (QED) is 0.789. The highest BCUT2D eigenvalue weighted by atomic mass is 16.5. The third kappa shape index (κ3) is 3.25. The first-order valence-electron chi connectivity index (χ1n) is 5.29. The summed E-state index contributed by atoms with van der Waals surface area (Å²) in [5.41, 5.74) is 8.73. The Morgan fingerprint density at radius 3 is 2.27 bits per heavy atom. The van der Waals surface area contributed by atoms with Gasteiger partial charge < -0.3 is 10.5 Å². The van der Waals surface area contributed by atoms with Crippen LogP contribution in [-0.4, -0.2) is 23.1 Å². The van der Waals surface area contributed by atoms with E-state index in [4.69, 9.17) is 10.5 Å². The number of aryl methyl sites for hydroxylation is 2. The van der Waals surface area contributed by atoms with Gasteiger partial charge >= 0.3 is 0 Å². The third-order valence-electron chi connectivity index (χ3n) is 2.30. The summed E-state index contributed by atoms with van der Waals surface area (Å²) >= 11 is 0. The van der Waals surface area contributed by atoms with Crippen molar-refractivity contribution in [1.29, 1.82) is 0 Å². The summed E-state index contributed by atoms with van der Waals surface area (Å²) in [6.45, 7) is 7.76. The van der Waals surface area contributed by atoms with E-state index in [-0.39, 0.29) is 0 Å². The van der Waals surface area contributed by atoms with Crippen molar-refractivity contribution in [2.24, 2.45) is 5.73 Å². The van der Waals surface area contributed by atoms with E-state index in [2.05, 4.69) is 9.97 Å². The summed E-state index contributed by atoms with van der Waals surface area (Å²) in [7, 11) is 0. The SMILES string of the molecule is CCOCc1nc(C)c(CCN)c(C)n1. The van der Waals surface area contributed by atoms with Crippen LogP contribution in [0.3, 0.4) is 0 Å². The Labute approximate surface area is 90.9 Å². The van der Waals surface area contributed by atoms with Crippen LogP contribution in [0.5, 0.6) is 0 Å². The smallest absolute Gasteiger partial charge is 0.154 e. The van der Waals surface area contributed by atoms with Crippen molar-refractivity contribution in [3.05, 3.63) is 22.8 Å². The molecule has 0 aliphatic heterocycles. The van der Waals surface area contributed by atoms with Gasteiger partial charge in [-0.15, -0.1) is 0 Å². The van der Waals surface area contributed by atoms with Crippen LogP contribution in [0.2, 0.25) is 0 Å². The number of hydrogen-bond acceptors (Lipinski definition) is 4. The molecule has 0 spiro atoms. The predicted molar refractivity (Wildman–Crippen MR) is 59.6 cm³/mol. The Balaban J connectivity index is 2.87. The van der Waals surface area contributed by atoms with Gasteiger partial charge in [-0.05, 0) is 39.3 Å². The van der Waals surface area contributed by atoms with E-state index < -0.39 is 0 Å². The molecule has 0 saturated carbocycles. The van der Waals surface area contributed by atoms with Crippen molar-refractivity contribution in [3.8, 4) is 0 Å². The van der Waals surface area contributed by atoms with E-state index in [9.17, 15) is 0 Å². The summed E-state index contributed by atoms with van der Waals surface area (Å²) in [6, 6.07) is 0. The van der Waals surface area contributed by atoms with Gasteiger partial charge in [0.15, 0.2) is 5.82 Å². The minimum Gasteiger partial charge on any atom is -0.374 e. The largest absolute Gasteiger partial charge is 0.374 e. The summed E-state index contributed by atoms with van der Waals surface area (Å²) in [5, 5.41) is 0. The zero-order valence-corrected chi connectivity index (χ0v) is 9.71. The van der Waals surface area contributed by atoms with Crippen molar-refractivity contribution in [2.45, 2.75) is 33.8 Å². The van der Waals surface area contributed by atoms with Gasteiger partial charge in [-0.1, -0.05) is 0 Å². The Bertz CT molecular complexity index is 303. The molecule has 0 atom stereocenters. The minimum atomic E-state index is 0.487. The van der Waals surface area contributed by atoms with Gasteiger partial charge in [0.25, 0.3) is 0 Å². The fraction of sp³-hybridized carbons (Fsp3) is 0.636. The average Bonchev–Trinajstić information content (AvgIpc) is 2.20. The molecule has 0 aliphatic carbocycles. The maximum absolute atomic E-state index is 5.54. The molecule has 0 amide bonds. The fourth-order valence-electron chi connectivity index (χ4n) is 1.57. The van der Waals surface area contributed by atoms with Crippen molar-refractivity contribution in [2.75, 3.05) is 13.2 Å². The van der Waals surface area contributed by atoms with Crippen LogP contribution in [0, 0.1) is 13.8 Å². The van der Waals surface area contributed by atoms with Crippen LogP contribution in [0.25, 0.3) is 0 Å². The number of ether oxygens (including phenoxy) is 1. The molecule has 1 aromatic rings. The first kappa shape index (κ1) is 12.1. The maximum atomic E-state index is 5.54. The van der Waals surface area contributed by atoms with Gasteiger partial charge in [0.1, 0.15) is 6.61 Å². The second-order valence-electron chi connectivity index (χ2n) is 3.47. The van der Waals surface area contributed by atoms with E-state index in [1.165, 1.54) is 0 Å². The van der Waals surface area contributed by atoms with Gasteiger partial charge in [-0.25, -0.2) is 9.97 Å². The van der Waals surface area contributed by atoms with Crippen molar-refractivity contribution in [3.63, 3.8) is 0 Å². The molecule has 1 rings (SSSR count). The molecule has 1 heterocycles. The lowest BCUT2D eigenvalue weighted by Crippen LogP contribution is -2.11. The summed E-state index contributed by atoms with van der Waals surface area (Å²) < 4.78 is 5.28. The van der Waals surface area contributed by atoms with Crippen LogP contribution in [0.15, 0.2) is 0 Å². The van der Waals surface area contributed by atoms with Crippen LogP contribution in [-0.2, 0) is 17.8 Å². The molecule has 0 aromatic carbocycles. The minimum absolute atomic E-state index is 0.487. The molecule has 0 bridgehead atoms. The molecule has 0 radical (unpaired) electrons. The second kappa shape index (κ2) is 5.78. The summed E-state index contributed by atoms with van der Waals surface area (Å²) in [5.74, 6) is 0.757. The van der Waals surface area contributed by atoms with Crippen LogP contribution >= 0.6 is 0 Å². The Hall–Kier alpha value is -1.00. The second-order valence-corrected chi connectivity index (χ2v) is 3.47. The number of hydrogen-bond donors (Lipinski definition) is 1. The van der Waals surface area contributed by atoms with Crippen molar-refractivity contribution in [1.82, 2.24) is 9.97 Å². The Morgan fingerprint density at radius 2 is 1.80 bits per heavy atom. The lowest BCUT2D eigenvalue weighted by Gasteiger charge is -2.09. The van der Waals surface area contributed by atoms with Crippen molar-refractivity contribution >= 4 is 0 Å². The zero-order chi connectivity index (χ0) is 11.3. The van der Waals surface area contributed by atoms with E-state index in [0.717, 1.165) is 29.2 Å². The molecule has 4 heteroatoms. The number of rotatable bonds is 5. The first-order valence-corrected chi connectivity index (χ1v) is 5.29. The molecule has 0 fully saturated rings. The van der Waals surface area contributed by atoms with Gasteiger partial charge in [-0.2, -0.15) is 0 Å². The number of nitrogens with zero attached hydrogens (tertiary/aromatic N) is 2. The fourth-order valence-corrected chi connectivity index (χ4v) is 1.57. The first-order chi connectivity index (χ1) is 7.19. The highest BCUT2D eigenvalue weighted by molar-refractivity contribution is 5.24. The van der Waals surface area contributed by atoms with Gasteiger partial charge in [-0.3, -0.25) is 0 Å². The molecule has 0 unspecified atom stereocenters. The van der Waals surface area contributed by atoms with E-state index in [0.29, 0.717) is 19.8 Å². The van der Waals surface area contributed by atoms with E-state index in [1.807, 2.05) is 20.8 Å². The zero-order valence-electron chi connectivity index (χ0n) is 9.71. The van der Waals surface area contributed by atoms with Gasteiger partial charge in [0, 0.05) is 18.0 Å².